The Hall–Kier alpha value is -0.910. The molecule has 1 aliphatic heterocycles. The number of nitrogens with one attached hydrogen (secondary N) is 1. The van der Waals surface area contributed by atoms with Gasteiger partial charge >= 0.3 is 0 Å². The van der Waals surface area contributed by atoms with E-state index in [4.69, 9.17) is 9.47 Å². The van der Waals surface area contributed by atoms with E-state index >= 15 is 0 Å². The molecule has 2 atom stereocenters. The standard InChI is InChI=1S/C16H22BrNO3/c1-12(14-6-2-3-7-15(14)17)18-16(19)8-10-20-11-13-5-4-9-21-13/h2-3,6-7,12-13H,4-5,8-11H2,1H3,(H,18,19)/t12-,13+/m0/s1. The van der Waals surface area contributed by atoms with Crippen molar-refractivity contribution in [2.45, 2.75) is 38.3 Å². The smallest absolute Gasteiger partial charge is 0.222 e. The summed E-state index contributed by atoms with van der Waals surface area (Å²) < 4.78 is 12.0. The van der Waals surface area contributed by atoms with Gasteiger partial charge in [0.15, 0.2) is 0 Å². The van der Waals surface area contributed by atoms with Gasteiger partial charge in [-0.1, -0.05) is 34.1 Å². The fourth-order valence-corrected chi connectivity index (χ4v) is 3.00. The summed E-state index contributed by atoms with van der Waals surface area (Å²) in [7, 11) is 0. The van der Waals surface area contributed by atoms with E-state index in [0.29, 0.717) is 19.6 Å². The Morgan fingerprint density at radius 3 is 3.05 bits per heavy atom. The van der Waals surface area contributed by atoms with Crippen LogP contribution in [0.5, 0.6) is 0 Å². The van der Waals surface area contributed by atoms with Crippen LogP contribution in [0.15, 0.2) is 28.7 Å². The van der Waals surface area contributed by atoms with Crippen molar-refractivity contribution in [2.75, 3.05) is 19.8 Å². The summed E-state index contributed by atoms with van der Waals surface area (Å²) in [5, 5.41) is 2.99. The van der Waals surface area contributed by atoms with Gasteiger partial charge in [0.25, 0.3) is 0 Å². The van der Waals surface area contributed by atoms with Crippen molar-refractivity contribution in [3.05, 3.63) is 34.3 Å². The molecule has 1 aromatic carbocycles. The Bertz CT molecular complexity index is 461. The first kappa shape index (κ1) is 16.5. The fourth-order valence-electron chi connectivity index (χ4n) is 2.37. The highest BCUT2D eigenvalue weighted by Gasteiger charge is 2.16. The van der Waals surface area contributed by atoms with Crippen molar-refractivity contribution in [3.8, 4) is 0 Å². The second-order valence-electron chi connectivity index (χ2n) is 5.27. The Morgan fingerprint density at radius 2 is 2.33 bits per heavy atom. The van der Waals surface area contributed by atoms with Crippen molar-refractivity contribution >= 4 is 21.8 Å². The van der Waals surface area contributed by atoms with Gasteiger partial charge in [-0.2, -0.15) is 0 Å². The molecule has 21 heavy (non-hydrogen) atoms. The van der Waals surface area contributed by atoms with Crippen molar-refractivity contribution in [1.82, 2.24) is 5.32 Å². The summed E-state index contributed by atoms with van der Waals surface area (Å²) in [6.07, 6.45) is 2.76. The molecular formula is C16H22BrNO3. The van der Waals surface area contributed by atoms with Crippen LogP contribution in [0.2, 0.25) is 0 Å². The van der Waals surface area contributed by atoms with Gasteiger partial charge in [0.2, 0.25) is 5.91 Å². The van der Waals surface area contributed by atoms with Crippen LogP contribution in [0.4, 0.5) is 0 Å². The van der Waals surface area contributed by atoms with Crippen molar-refractivity contribution in [1.29, 1.82) is 0 Å². The topological polar surface area (TPSA) is 47.6 Å². The molecular weight excluding hydrogens is 334 g/mol. The van der Waals surface area contributed by atoms with Gasteiger partial charge in [-0.15, -0.1) is 0 Å². The number of rotatable bonds is 7. The fraction of sp³-hybridized carbons (Fsp3) is 0.562. The SMILES string of the molecule is C[C@H](NC(=O)CCOC[C@H]1CCCO1)c1ccccc1Br. The molecule has 1 aliphatic rings. The maximum atomic E-state index is 11.9. The maximum absolute atomic E-state index is 11.9. The average Bonchev–Trinajstić information content (AvgIpc) is 2.97. The summed E-state index contributed by atoms with van der Waals surface area (Å²) in [6, 6.07) is 7.88. The van der Waals surface area contributed by atoms with E-state index in [-0.39, 0.29) is 18.1 Å². The zero-order chi connectivity index (χ0) is 15.1. The van der Waals surface area contributed by atoms with E-state index in [1.165, 1.54) is 0 Å². The molecule has 116 valence electrons. The monoisotopic (exact) mass is 355 g/mol. The molecule has 4 nitrogen and oxygen atoms in total. The average molecular weight is 356 g/mol. The van der Waals surface area contributed by atoms with E-state index in [2.05, 4.69) is 21.2 Å². The molecule has 1 saturated heterocycles. The first-order valence-electron chi connectivity index (χ1n) is 7.40. The molecule has 0 bridgehead atoms. The molecule has 5 heteroatoms. The van der Waals surface area contributed by atoms with Gasteiger partial charge in [-0.05, 0) is 31.4 Å². The number of ether oxygens (including phenoxy) is 2. The zero-order valence-electron chi connectivity index (χ0n) is 12.3. The number of carbonyl (C=O) groups excluding carboxylic acids is 1. The van der Waals surface area contributed by atoms with Crippen molar-refractivity contribution in [3.63, 3.8) is 0 Å². The van der Waals surface area contributed by atoms with Crippen molar-refractivity contribution < 1.29 is 14.3 Å². The molecule has 0 radical (unpaired) electrons. The van der Waals surface area contributed by atoms with Gasteiger partial charge in [0.1, 0.15) is 0 Å². The summed E-state index contributed by atoms with van der Waals surface area (Å²) >= 11 is 3.50. The number of hydrogen-bond acceptors (Lipinski definition) is 3. The minimum atomic E-state index is -0.0220. The van der Waals surface area contributed by atoms with Crippen LogP contribution in [-0.2, 0) is 14.3 Å². The molecule has 0 spiro atoms. The number of carbonyl (C=O) groups is 1. The predicted octanol–water partition coefficient (Wildman–Crippen LogP) is 3.21. The second-order valence-corrected chi connectivity index (χ2v) is 6.12. The van der Waals surface area contributed by atoms with E-state index in [1.807, 2.05) is 31.2 Å². The number of hydrogen-bond donors (Lipinski definition) is 1. The molecule has 2 rings (SSSR count). The summed E-state index contributed by atoms with van der Waals surface area (Å²) in [4.78, 5) is 11.9. The predicted molar refractivity (Wildman–Crippen MR) is 85.1 cm³/mol. The second kappa shape index (κ2) is 8.51. The maximum Gasteiger partial charge on any atom is 0.222 e. The minimum Gasteiger partial charge on any atom is -0.378 e. The lowest BCUT2D eigenvalue weighted by atomic mass is 10.1. The molecule has 0 saturated carbocycles. The third-order valence-corrected chi connectivity index (χ3v) is 4.27. The highest BCUT2D eigenvalue weighted by Crippen LogP contribution is 2.22. The number of benzene rings is 1. The van der Waals surface area contributed by atoms with E-state index in [0.717, 1.165) is 29.5 Å². The summed E-state index contributed by atoms with van der Waals surface area (Å²) in [5.41, 5.74) is 1.08. The molecule has 0 aromatic heterocycles. The van der Waals surface area contributed by atoms with Gasteiger partial charge in [-0.25, -0.2) is 0 Å². The van der Waals surface area contributed by atoms with Crippen LogP contribution >= 0.6 is 15.9 Å². The largest absolute Gasteiger partial charge is 0.378 e. The Labute approximate surface area is 134 Å². The minimum absolute atomic E-state index is 0.00518. The zero-order valence-corrected chi connectivity index (χ0v) is 13.9. The quantitative estimate of drug-likeness (QED) is 0.764. The molecule has 0 unspecified atom stereocenters. The Balaban J connectivity index is 1.65. The van der Waals surface area contributed by atoms with Crippen LogP contribution in [0.25, 0.3) is 0 Å². The molecule has 1 fully saturated rings. The normalized spacial score (nSPS) is 19.4. The lowest BCUT2D eigenvalue weighted by molar-refractivity contribution is -0.123. The molecule has 1 heterocycles. The molecule has 1 amide bonds. The van der Waals surface area contributed by atoms with Gasteiger partial charge in [0, 0.05) is 17.5 Å². The summed E-state index contributed by atoms with van der Waals surface area (Å²) in [5.74, 6) is 0.00518. The highest BCUT2D eigenvalue weighted by molar-refractivity contribution is 9.10. The summed E-state index contributed by atoms with van der Waals surface area (Å²) in [6.45, 7) is 3.84. The van der Waals surface area contributed by atoms with Crippen LogP contribution in [0, 0.1) is 0 Å². The molecule has 0 aliphatic carbocycles. The van der Waals surface area contributed by atoms with E-state index < -0.39 is 0 Å². The third kappa shape index (κ3) is 5.41. The van der Waals surface area contributed by atoms with Gasteiger partial charge in [-0.3, -0.25) is 4.79 Å². The highest BCUT2D eigenvalue weighted by atomic mass is 79.9. The first-order chi connectivity index (χ1) is 10.2. The van der Waals surface area contributed by atoms with Crippen LogP contribution in [0.3, 0.4) is 0 Å². The lowest BCUT2D eigenvalue weighted by Crippen LogP contribution is -2.28. The Kier molecular flexibility index (Phi) is 6.67. The molecule has 1 N–H and O–H groups in total. The Morgan fingerprint density at radius 1 is 1.52 bits per heavy atom. The first-order valence-corrected chi connectivity index (χ1v) is 8.19. The van der Waals surface area contributed by atoms with Crippen molar-refractivity contribution in [2.24, 2.45) is 0 Å². The van der Waals surface area contributed by atoms with E-state index in [1.54, 1.807) is 0 Å². The van der Waals surface area contributed by atoms with Crippen LogP contribution < -0.4 is 5.32 Å². The van der Waals surface area contributed by atoms with Crippen LogP contribution in [-0.4, -0.2) is 31.8 Å². The van der Waals surface area contributed by atoms with Gasteiger partial charge < -0.3 is 14.8 Å². The van der Waals surface area contributed by atoms with Gasteiger partial charge in [0.05, 0.1) is 25.4 Å². The number of amides is 1. The molecule has 1 aromatic rings. The third-order valence-electron chi connectivity index (χ3n) is 3.55. The van der Waals surface area contributed by atoms with E-state index in [9.17, 15) is 4.79 Å². The number of halogens is 1. The lowest BCUT2D eigenvalue weighted by Gasteiger charge is -2.16. The van der Waals surface area contributed by atoms with Crippen LogP contribution in [0.1, 0.15) is 37.8 Å².